The monoisotopic (exact) mass is 303 g/mol. The molecule has 114 valence electrons. The summed E-state index contributed by atoms with van der Waals surface area (Å²) < 4.78 is 0. The van der Waals surface area contributed by atoms with Gasteiger partial charge in [-0.2, -0.15) is 0 Å². The molecule has 0 aliphatic carbocycles. The molecule has 1 heterocycles. The number of aromatic nitrogens is 2. The molecule has 5 heteroatoms. The van der Waals surface area contributed by atoms with E-state index in [4.69, 9.17) is 5.73 Å². The number of hydrogen-bond acceptors (Lipinski definition) is 3. The Kier molecular flexibility index (Phi) is 5.67. The smallest absolute Gasteiger partial charge is 0.268 e. The summed E-state index contributed by atoms with van der Waals surface area (Å²) in [6.45, 7) is 13.5. The zero-order valence-corrected chi connectivity index (χ0v) is 14.8. The molecule has 1 rings (SSSR count). The van der Waals surface area contributed by atoms with Crippen molar-refractivity contribution >= 4 is 14.0 Å². The number of carbonyl (C=O) groups excluding carboxylic acids is 1. The summed E-state index contributed by atoms with van der Waals surface area (Å²) in [4.78, 5) is 19.3. The second-order valence-corrected chi connectivity index (χ2v) is 11.9. The van der Waals surface area contributed by atoms with Gasteiger partial charge in [0.2, 0.25) is 0 Å². The maximum atomic E-state index is 11.2. The van der Waals surface area contributed by atoms with Crippen molar-refractivity contribution in [3.63, 3.8) is 0 Å². The van der Waals surface area contributed by atoms with Gasteiger partial charge in [0, 0.05) is 0 Å². The first-order chi connectivity index (χ1) is 9.71. The molecule has 0 fully saturated rings. The van der Waals surface area contributed by atoms with E-state index in [9.17, 15) is 4.79 Å². The van der Waals surface area contributed by atoms with Crippen molar-refractivity contribution in [1.29, 1.82) is 0 Å². The molecule has 1 aromatic rings. The van der Waals surface area contributed by atoms with E-state index in [-0.39, 0.29) is 5.69 Å². The third-order valence-electron chi connectivity index (χ3n) is 4.16. The van der Waals surface area contributed by atoms with Gasteiger partial charge in [0.1, 0.15) is 19.5 Å². The molecule has 1 aromatic heterocycles. The summed E-state index contributed by atoms with van der Waals surface area (Å²) in [5.41, 5.74) is 11.1. The average Bonchev–Trinajstić information content (AvgIpc) is 2.38. The average molecular weight is 303 g/mol. The van der Waals surface area contributed by atoms with E-state index in [0.717, 1.165) is 0 Å². The third-order valence-corrected chi connectivity index (χ3v) is 10.5. The lowest BCUT2D eigenvalue weighted by Crippen LogP contribution is -2.43. The fourth-order valence-corrected chi connectivity index (χ4v) is 8.36. The number of nitrogens with two attached hydrogens (primary N) is 1. The Bertz CT molecular complexity index is 549. The second-order valence-electron chi connectivity index (χ2n) is 6.30. The minimum absolute atomic E-state index is 0.160. The molecule has 0 saturated carbocycles. The van der Waals surface area contributed by atoms with Gasteiger partial charge in [0.15, 0.2) is 0 Å². The lowest BCUT2D eigenvalue weighted by molar-refractivity contribution is 0.0995. The Hall–Kier alpha value is -1.67. The van der Waals surface area contributed by atoms with Crippen molar-refractivity contribution in [2.24, 2.45) is 5.73 Å². The number of nitrogens with zero attached hydrogens (tertiary/aromatic N) is 2. The number of amides is 1. The predicted molar refractivity (Wildman–Crippen MR) is 88.5 cm³/mol. The van der Waals surface area contributed by atoms with Crippen molar-refractivity contribution in [3.8, 4) is 11.5 Å². The molecule has 0 radical (unpaired) electrons. The van der Waals surface area contributed by atoms with Crippen molar-refractivity contribution in [1.82, 2.24) is 9.97 Å². The Morgan fingerprint density at radius 3 is 2.05 bits per heavy atom. The SMILES string of the molecule is CC(C)[Si](C#Cc1cncc(C(N)=O)n1)(C(C)C)C(C)C. The lowest BCUT2D eigenvalue weighted by Gasteiger charge is -2.38. The maximum absolute atomic E-state index is 11.2. The predicted octanol–water partition coefficient (Wildman–Crippen LogP) is 3.15. The van der Waals surface area contributed by atoms with E-state index in [0.29, 0.717) is 22.3 Å². The molecule has 0 saturated heterocycles. The summed E-state index contributed by atoms with van der Waals surface area (Å²) in [7, 11) is -1.80. The van der Waals surface area contributed by atoms with Crippen LogP contribution in [0.4, 0.5) is 0 Å². The van der Waals surface area contributed by atoms with Gasteiger partial charge in [-0.15, -0.1) is 5.54 Å². The van der Waals surface area contributed by atoms with Gasteiger partial charge >= 0.3 is 0 Å². The van der Waals surface area contributed by atoms with E-state index in [1.807, 2.05) is 0 Å². The summed E-state index contributed by atoms with van der Waals surface area (Å²) in [5.74, 6) is 2.58. The Balaban J connectivity index is 3.28. The van der Waals surface area contributed by atoms with Crippen LogP contribution in [0.3, 0.4) is 0 Å². The molecule has 2 N–H and O–H groups in total. The van der Waals surface area contributed by atoms with Gasteiger partial charge < -0.3 is 5.73 Å². The highest BCUT2D eigenvalue weighted by Crippen LogP contribution is 2.40. The number of rotatable bonds is 4. The van der Waals surface area contributed by atoms with Crippen LogP contribution in [-0.4, -0.2) is 23.9 Å². The molecular formula is C16H25N3OSi. The molecule has 0 aliphatic rings. The molecule has 0 aromatic carbocycles. The zero-order chi connectivity index (χ0) is 16.2. The largest absolute Gasteiger partial charge is 0.364 e. The standard InChI is InChI=1S/C16H25N3OSi/c1-11(2)21(12(3)4,13(5)6)8-7-14-9-18-10-15(19-14)16(17)20/h9-13H,1-6H3,(H2,17,20). The van der Waals surface area contributed by atoms with Gasteiger partial charge in [0.25, 0.3) is 5.91 Å². The lowest BCUT2D eigenvalue weighted by atomic mass is 10.4. The first kappa shape index (κ1) is 17.4. The van der Waals surface area contributed by atoms with Gasteiger partial charge in [-0.05, 0) is 16.6 Å². The van der Waals surface area contributed by atoms with Crippen LogP contribution in [0.25, 0.3) is 0 Å². The first-order valence-electron chi connectivity index (χ1n) is 7.36. The molecule has 0 spiro atoms. The van der Waals surface area contributed by atoms with Crippen LogP contribution in [0.2, 0.25) is 16.6 Å². The molecule has 0 aliphatic heterocycles. The summed E-state index contributed by atoms with van der Waals surface area (Å²) >= 11 is 0. The van der Waals surface area contributed by atoms with Crippen molar-refractivity contribution < 1.29 is 4.79 Å². The Labute approximate surface area is 128 Å². The number of hydrogen-bond donors (Lipinski definition) is 1. The fourth-order valence-electron chi connectivity index (χ4n) is 3.15. The summed E-state index contributed by atoms with van der Waals surface area (Å²) in [6, 6.07) is 0. The van der Waals surface area contributed by atoms with Gasteiger partial charge in [-0.3, -0.25) is 9.78 Å². The Morgan fingerprint density at radius 1 is 1.10 bits per heavy atom. The van der Waals surface area contributed by atoms with E-state index < -0.39 is 14.0 Å². The van der Waals surface area contributed by atoms with Crippen molar-refractivity contribution in [2.45, 2.75) is 58.2 Å². The zero-order valence-electron chi connectivity index (χ0n) is 13.8. The molecule has 1 amide bonds. The van der Waals surface area contributed by atoms with E-state index in [1.165, 1.54) is 6.20 Å². The molecular weight excluding hydrogens is 278 g/mol. The van der Waals surface area contributed by atoms with Crippen LogP contribution in [0.15, 0.2) is 12.4 Å². The van der Waals surface area contributed by atoms with Crippen LogP contribution < -0.4 is 5.73 Å². The van der Waals surface area contributed by atoms with Crippen LogP contribution >= 0.6 is 0 Å². The molecule has 4 nitrogen and oxygen atoms in total. The van der Waals surface area contributed by atoms with Crippen molar-refractivity contribution in [3.05, 3.63) is 23.8 Å². The van der Waals surface area contributed by atoms with Crippen LogP contribution in [0, 0.1) is 11.5 Å². The minimum Gasteiger partial charge on any atom is -0.364 e. The van der Waals surface area contributed by atoms with Crippen LogP contribution in [0.1, 0.15) is 57.7 Å². The van der Waals surface area contributed by atoms with Gasteiger partial charge in [-0.1, -0.05) is 47.5 Å². The highest BCUT2D eigenvalue weighted by atomic mass is 28.3. The van der Waals surface area contributed by atoms with Gasteiger partial charge in [0.05, 0.1) is 12.4 Å². The van der Waals surface area contributed by atoms with E-state index >= 15 is 0 Å². The van der Waals surface area contributed by atoms with Crippen molar-refractivity contribution in [2.75, 3.05) is 0 Å². The third kappa shape index (κ3) is 3.70. The minimum atomic E-state index is -1.80. The summed E-state index contributed by atoms with van der Waals surface area (Å²) in [6.07, 6.45) is 2.95. The Morgan fingerprint density at radius 2 is 1.62 bits per heavy atom. The maximum Gasteiger partial charge on any atom is 0.268 e. The molecule has 0 unspecified atom stereocenters. The van der Waals surface area contributed by atoms with Crippen LogP contribution in [0.5, 0.6) is 0 Å². The van der Waals surface area contributed by atoms with E-state index in [2.05, 4.69) is 63.0 Å². The van der Waals surface area contributed by atoms with E-state index in [1.54, 1.807) is 6.20 Å². The summed E-state index contributed by atoms with van der Waals surface area (Å²) in [5, 5.41) is 0. The quantitative estimate of drug-likeness (QED) is 0.686. The molecule has 0 atom stereocenters. The highest BCUT2D eigenvalue weighted by Gasteiger charge is 2.41. The highest BCUT2D eigenvalue weighted by molar-refractivity contribution is 6.90. The molecule has 0 bridgehead atoms. The van der Waals surface area contributed by atoms with Crippen LogP contribution in [-0.2, 0) is 0 Å². The van der Waals surface area contributed by atoms with Gasteiger partial charge in [-0.25, -0.2) is 4.98 Å². The number of carbonyl (C=O) groups is 1. The number of primary amides is 1. The second kappa shape index (κ2) is 6.86. The fraction of sp³-hybridized carbons (Fsp3) is 0.562. The molecule has 21 heavy (non-hydrogen) atoms. The normalized spacial score (nSPS) is 11.7. The topological polar surface area (TPSA) is 68.9 Å². The first-order valence-corrected chi connectivity index (χ1v) is 9.60.